The highest BCUT2D eigenvalue weighted by molar-refractivity contribution is 6.05. The van der Waals surface area contributed by atoms with Crippen molar-refractivity contribution in [2.24, 2.45) is 0 Å². The molecule has 0 atom stereocenters. The van der Waals surface area contributed by atoms with Gasteiger partial charge in [-0.3, -0.25) is 5.10 Å². The van der Waals surface area contributed by atoms with E-state index in [0.29, 0.717) is 50.2 Å². The van der Waals surface area contributed by atoms with Gasteiger partial charge in [-0.15, -0.1) is 0 Å². The lowest BCUT2D eigenvalue weighted by Crippen LogP contribution is -2.20. The summed E-state index contributed by atoms with van der Waals surface area (Å²) in [4.78, 5) is 15.9. The molecule has 5 aromatic rings. The number of aryl methyl sites for hydroxylation is 3. The minimum Gasteiger partial charge on any atom is -0.493 e. The maximum atomic E-state index is 16.1. The van der Waals surface area contributed by atoms with Crippen LogP contribution in [0.15, 0.2) is 54.6 Å². The third-order valence-electron chi connectivity index (χ3n) is 8.44. The van der Waals surface area contributed by atoms with Crippen molar-refractivity contribution in [1.82, 2.24) is 19.7 Å². The Morgan fingerprint density at radius 2 is 1.81 bits per heavy atom. The molecule has 0 fully saturated rings. The van der Waals surface area contributed by atoms with Crippen molar-refractivity contribution >= 4 is 27.6 Å². The van der Waals surface area contributed by atoms with Gasteiger partial charge in [0.2, 0.25) is 0 Å². The van der Waals surface area contributed by atoms with Crippen LogP contribution in [0.3, 0.4) is 0 Å². The number of nitrogens with one attached hydrogen (secondary N) is 1. The number of nitrogens with zero attached hydrogens (tertiary/aromatic N) is 3. The fraction of sp³-hybridized carbons (Fsp3) is 0.371. The highest BCUT2D eigenvalue weighted by Gasteiger charge is 2.30. The minimum atomic E-state index is -0.370. The second-order valence-corrected chi connectivity index (χ2v) is 11.3. The number of carbonyl (C=O) groups is 1. The van der Waals surface area contributed by atoms with Gasteiger partial charge in [-0.2, -0.15) is 5.10 Å². The predicted molar refractivity (Wildman–Crippen MR) is 168 cm³/mol. The normalized spacial score (nSPS) is 14.0. The Balaban J connectivity index is 1.45. The molecule has 3 aromatic carbocycles. The quantitative estimate of drug-likeness (QED) is 0.154. The highest BCUT2D eigenvalue weighted by Crippen LogP contribution is 2.40. The van der Waals surface area contributed by atoms with E-state index in [2.05, 4.69) is 40.3 Å². The summed E-state index contributed by atoms with van der Waals surface area (Å²) < 4.78 is 30.0. The number of rotatable bonds is 8. The summed E-state index contributed by atoms with van der Waals surface area (Å²) in [5.41, 5.74) is 5.18. The summed E-state index contributed by atoms with van der Waals surface area (Å²) in [5.74, 6) is 0.159. The number of H-pyrrole nitrogens is 1. The minimum absolute atomic E-state index is 0.266. The van der Waals surface area contributed by atoms with E-state index in [9.17, 15) is 4.79 Å². The molecule has 0 saturated carbocycles. The number of benzene rings is 3. The van der Waals surface area contributed by atoms with E-state index in [1.807, 2.05) is 48.7 Å². The first kappa shape index (κ1) is 28.9. The van der Waals surface area contributed by atoms with Gasteiger partial charge in [0.15, 0.2) is 0 Å². The molecule has 0 spiro atoms. The Morgan fingerprint density at radius 3 is 2.65 bits per heavy atom. The van der Waals surface area contributed by atoms with Crippen LogP contribution in [0.1, 0.15) is 60.5 Å². The van der Waals surface area contributed by atoms with Crippen LogP contribution in [-0.4, -0.2) is 52.4 Å². The van der Waals surface area contributed by atoms with Crippen LogP contribution >= 0.6 is 0 Å². The molecule has 1 N–H and O–H groups in total. The molecule has 0 unspecified atom stereocenters. The number of aromatic nitrogens is 3. The number of hydrogen-bond acceptors (Lipinski definition) is 5. The number of carbonyl (C=O) groups excluding carboxylic acids is 1. The molecule has 43 heavy (non-hydrogen) atoms. The molecule has 0 bridgehead atoms. The van der Waals surface area contributed by atoms with Crippen LogP contribution in [0.4, 0.5) is 4.39 Å². The van der Waals surface area contributed by atoms with Crippen molar-refractivity contribution in [1.29, 1.82) is 0 Å². The Bertz CT molecular complexity index is 1770. The van der Waals surface area contributed by atoms with E-state index < -0.39 is 0 Å². The van der Waals surface area contributed by atoms with Crippen LogP contribution in [-0.2, 0) is 30.7 Å². The number of fused-ring (bicyclic) bond motifs is 3. The van der Waals surface area contributed by atoms with Crippen molar-refractivity contribution < 1.29 is 18.7 Å². The summed E-state index contributed by atoms with van der Waals surface area (Å²) in [6, 6.07) is 17.6. The molecule has 1 aliphatic rings. The van der Waals surface area contributed by atoms with Gasteiger partial charge in [-0.25, -0.2) is 9.18 Å². The van der Waals surface area contributed by atoms with Gasteiger partial charge in [0, 0.05) is 40.7 Å². The molecular weight excluding hydrogens is 543 g/mol. The summed E-state index contributed by atoms with van der Waals surface area (Å²) in [7, 11) is 2.07. The summed E-state index contributed by atoms with van der Waals surface area (Å²) in [6.45, 7) is 6.70. The van der Waals surface area contributed by atoms with Crippen LogP contribution in [0, 0.1) is 5.82 Å². The first-order valence-electron chi connectivity index (χ1n) is 15.4. The van der Waals surface area contributed by atoms with Crippen LogP contribution in [0.5, 0.6) is 5.75 Å². The summed E-state index contributed by atoms with van der Waals surface area (Å²) in [5, 5.41) is 10.9. The van der Waals surface area contributed by atoms with Gasteiger partial charge in [0.1, 0.15) is 17.3 Å². The van der Waals surface area contributed by atoms with E-state index in [0.717, 1.165) is 69.3 Å². The van der Waals surface area contributed by atoms with Gasteiger partial charge < -0.3 is 18.9 Å². The first-order valence-corrected chi connectivity index (χ1v) is 15.4. The molecule has 3 heterocycles. The number of ether oxygens (including phenoxy) is 2. The zero-order valence-corrected chi connectivity index (χ0v) is 25.2. The molecule has 0 radical (unpaired) electrons. The van der Waals surface area contributed by atoms with Crippen molar-refractivity contribution in [3.8, 4) is 16.9 Å². The van der Waals surface area contributed by atoms with Gasteiger partial charge in [-0.05, 0) is 81.8 Å². The maximum Gasteiger partial charge on any atom is 0.355 e. The fourth-order valence-corrected chi connectivity index (χ4v) is 6.47. The van der Waals surface area contributed by atoms with E-state index in [1.54, 1.807) is 0 Å². The van der Waals surface area contributed by atoms with Crippen LogP contribution < -0.4 is 4.74 Å². The topological polar surface area (TPSA) is 72.4 Å². The standard InChI is InChI=1S/C35H39FN4O3/c1-4-28-32-29(38-37-28)22-39(3)19-8-9-20-40-33-26(17-18-27(36)31(32)33)25(34(40)35(41)42-5-2)15-11-21-43-30-16-10-13-23-12-6-7-14-24(23)30/h6-7,10,12-14,16-18H,4-5,8-9,11,15,19-22H2,1-3H3,(H,37,38). The third-order valence-corrected chi connectivity index (χ3v) is 8.44. The molecule has 7 nitrogen and oxygen atoms in total. The molecule has 2 aromatic heterocycles. The first-order chi connectivity index (χ1) is 21.0. The van der Waals surface area contributed by atoms with Crippen LogP contribution in [0.25, 0.3) is 32.8 Å². The molecule has 0 saturated heterocycles. The second kappa shape index (κ2) is 12.6. The Kier molecular flexibility index (Phi) is 8.47. The van der Waals surface area contributed by atoms with Gasteiger partial charge >= 0.3 is 5.97 Å². The Hall–Kier alpha value is -4.17. The molecule has 0 aliphatic carbocycles. The largest absolute Gasteiger partial charge is 0.493 e. The Labute approximate surface area is 251 Å². The molecule has 224 valence electrons. The number of esters is 1. The highest BCUT2D eigenvalue weighted by atomic mass is 19.1. The molecule has 0 amide bonds. The Morgan fingerprint density at radius 1 is 1.00 bits per heavy atom. The molecule has 6 rings (SSSR count). The lowest BCUT2D eigenvalue weighted by atomic mass is 9.96. The third kappa shape index (κ3) is 5.52. The average Bonchev–Trinajstić information content (AvgIpc) is 3.54. The van der Waals surface area contributed by atoms with Gasteiger partial charge in [0.05, 0.1) is 24.4 Å². The van der Waals surface area contributed by atoms with Crippen molar-refractivity contribution in [3.63, 3.8) is 0 Å². The zero-order valence-electron chi connectivity index (χ0n) is 25.2. The van der Waals surface area contributed by atoms with Crippen LogP contribution in [0.2, 0.25) is 0 Å². The second-order valence-electron chi connectivity index (χ2n) is 11.3. The molecule has 1 aliphatic heterocycles. The van der Waals surface area contributed by atoms with Crippen molar-refractivity contribution in [3.05, 3.63) is 83.1 Å². The van der Waals surface area contributed by atoms with E-state index >= 15 is 4.39 Å². The number of hydrogen-bond donors (Lipinski definition) is 1. The van der Waals surface area contributed by atoms with Gasteiger partial charge in [-0.1, -0.05) is 43.3 Å². The zero-order chi connectivity index (χ0) is 29.9. The molecular formula is C35H39FN4O3. The monoisotopic (exact) mass is 582 g/mol. The van der Waals surface area contributed by atoms with Crippen molar-refractivity contribution in [2.45, 2.75) is 59.0 Å². The summed E-state index contributed by atoms with van der Waals surface area (Å²) in [6.07, 6.45) is 3.76. The van der Waals surface area contributed by atoms with Crippen molar-refractivity contribution in [2.75, 3.05) is 26.8 Å². The van der Waals surface area contributed by atoms with Gasteiger partial charge in [0.25, 0.3) is 0 Å². The predicted octanol–water partition coefficient (Wildman–Crippen LogP) is 7.30. The van der Waals surface area contributed by atoms with E-state index in [1.165, 1.54) is 6.07 Å². The van der Waals surface area contributed by atoms with E-state index in [4.69, 9.17) is 9.47 Å². The molecule has 8 heteroatoms. The number of aromatic amines is 1. The lowest BCUT2D eigenvalue weighted by Gasteiger charge is -2.16. The summed E-state index contributed by atoms with van der Waals surface area (Å²) >= 11 is 0. The fourth-order valence-electron chi connectivity index (χ4n) is 6.47. The average molecular weight is 583 g/mol. The van der Waals surface area contributed by atoms with E-state index in [-0.39, 0.29) is 18.4 Å². The SMILES string of the molecule is CCOC(=O)c1c(CCCOc2cccc3ccccc23)c2ccc(F)c3c2n1CCCCN(C)Cc1n[nH]c(CC)c1-3. The lowest BCUT2D eigenvalue weighted by molar-refractivity contribution is 0.0512. The smallest absolute Gasteiger partial charge is 0.355 e. The maximum absolute atomic E-state index is 16.1. The number of halogens is 1.